The SMILES string of the molecule is CNCC(=O)c1cc(C(C)(C)C)cc(O)c1O. The Hall–Kier alpha value is -1.55. The Balaban J connectivity index is 3.30. The molecule has 17 heavy (non-hydrogen) atoms. The van der Waals surface area contributed by atoms with Gasteiger partial charge in [-0.05, 0) is 30.2 Å². The fraction of sp³-hybridized carbons (Fsp3) is 0.462. The van der Waals surface area contributed by atoms with E-state index in [0.717, 1.165) is 5.56 Å². The molecule has 4 nitrogen and oxygen atoms in total. The number of nitrogens with one attached hydrogen (secondary N) is 1. The van der Waals surface area contributed by atoms with Gasteiger partial charge in [-0.3, -0.25) is 4.79 Å². The van der Waals surface area contributed by atoms with Crippen molar-refractivity contribution in [1.29, 1.82) is 0 Å². The summed E-state index contributed by atoms with van der Waals surface area (Å²) in [5, 5.41) is 22.1. The lowest BCUT2D eigenvalue weighted by Gasteiger charge is -2.20. The van der Waals surface area contributed by atoms with Crippen LogP contribution in [0.25, 0.3) is 0 Å². The summed E-state index contributed by atoms with van der Waals surface area (Å²) < 4.78 is 0. The van der Waals surface area contributed by atoms with Crippen molar-refractivity contribution in [3.05, 3.63) is 23.3 Å². The molecule has 0 aromatic heterocycles. The Morgan fingerprint density at radius 1 is 1.29 bits per heavy atom. The zero-order valence-electron chi connectivity index (χ0n) is 10.7. The van der Waals surface area contributed by atoms with Gasteiger partial charge in [0.15, 0.2) is 17.3 Å². The number of ketones is 1. The smallest absolute Gasteiger partial charge is 0.180 e. The zero-order valence-corrected chi connectivity index (χ0v) is 10.7. The molecule has 0 aliphatic rings. The van der Waals surface area contributed by atoms with Crippen molar-refractivity contribution in [2.24, 2.45) is 0 Å². The van der Waals surface area contributed by atoms with Crippen LogP contribution in [0, 0.1) is 0 Å². The minimum absolute atomic E-state index is 0.126. The van der Waals surface area contributed by atoms with E-state index in [4.69, 9.17) is 0 Å². The van der Waals surface area contributed by atoms with Gasteiger partial charge >= 0.3 is 0 Å². The third-order valence-electron chi connectivity index (χ3n) is 2.59. The average Bonchev–Trinajstić information content (AvgIpc) is 2.20. The molecule has 0 saturated heterocycles. The summed E-state index contributed by atoms with van der Waals surface area (Å²) in [5.41, 5.74) is 0.774. The number of benzene rings is 1. The summed E-state index contributed by atoms with van der Waals surface area (Å²) in [5.74, 6) is -0.846. The molecule has 0 spiro atoms. The third-order valence-corrected chi connectivity index (χ3v) is 2.59. The number of aromatic hydroxyl groups is 2. The first-order valence-electron chi connectivity index (χ1n) is 5.51. The molecule has 1 rings (SSSR count). The number of rotatable bonds is 3. The summed E-state index contributed by atoms with van der Waals surface area (Å²) in [6, 6.07) is 3.13. The van der Waals surface area contributed by atoms with E-state index in [1.807, 2.05) is 20.8 Å². The van der Waals surface area contributed by atoms with Crippen LogP contribution in [-0.2, 0) is 5.41 Å². The van der Waals surface area contributed by atoms with Crippen molar-refractivity contribution in [3.8, 4) is 11.5 Å². The molecule has 4 heteroatoms. The van der Waals surface area contributed by atoms with Gasteiger partial charge in [0.1, 0.15) is 0 Å². The highest BCUT2D eigenvalue weighted by Crippen LogP contribution is 2.35. The first-order chi connectivity index (χ1) is 7.77. The van der Waals surface area contributed by atoms with Crippen molar-refractivity contribution in [2.45, 2.75) is 26.2 Å². The second-order valence-corrected chi connectivity index (χ2v) is 5.10. The van der Waals surface area contributed by atoms with E-state index in [2.05, 4.69) is 5.32 Å². The van der Waals surface area contributed by atoms with Gasteiger partial charge in [0.2, 0.25) is 0 Å². The molecule has 0 aliphatic carbocycles. The lowest BCUT2D eigenvalue weighted by molar-refractivity contribution is 0.0990. The van der Waals surface area contributed by atoms with Gasteiger partial charge in [0.05, 0.1) is 12.1 Å². The molecule has 0 heterocycles. The maximum atomic E-state index is 11.8. The molecule has 0 unspecified atom stereocenters. The molecule has 3 N–H and O–H groups in total. The molecule has 0 fully saturated rings. The van der Waals surface area contributed by atoms with Crippen molar-refractivity contribution < 1.29 is 15.0 Å². The van der Waals surface area contributed by atoms with E-state index in [-0.39, 0.29) is 34.8 Å². The van der Waals surface area contributed by atoms with Crippen LogP contribution in [0.5, 0.6) is 11.5 Å². The molecule has 0 amide bonds. The number of carbonyl (C=O) groups is 1. The monoisotopic (exact) mass is 237 g/mol. The highest BCUT2D eigenvalue weighted by Gasteiger charge is 2.21. The van der Waals surface area contributed by atoms with Crippen LogP contribution in [0.3, 0.4) is 0 Å². The predicted octanol–water partition coefficient (Wildman–Crippen LogP) is 1.80. The zero-order chi connectivity index (χ0) is 13.2. The molecule has 1 aromatic rings. The first kappa shape index (κ1) is 13.5. The minimum atomic E-state index is -0.349. The Morgan fingerprint density at radius 2 is 1.88 bits per heavy atom. The summed E-state index contributed by atoms with van der Waals surface area (Å²) in [4.78, 5) is 11.8. The predicted molar refractivity (Wildman–Crippen MR) is 66.7 cm³/mol. The topological polar surface area (TPSA) is 69.6 Å². The van der Waals surface area contributed by atoms with Crippen molar-refractivity contribution >= 4 is 5.78 Å². The van der Waals surface area contributed by atoms with Crippen molar-refractivity contribution in [1.82, 2.24) is 5.32 Å². The summed E-state index contributed by atoms with van der Waals surface area (Å²) in [6.07, 6.45) is 0. The maximum Gasteiger partial charge on any atom is 0.180 e. The van der Waals surface area contributed by atoms with Crippen molar-refractivity contribution in [3.63, 3.8) is 0 Å². The van der Waals surface area contributed by atoms with Crippen molar-refractivity contribution in [2.75, 3.05) is 13.6 Å². The highest BCUT2D eigenvalue weighted by molar-refractivity contribution is 6.01. The molecule has 0 aliphatic heterocycles. The van der Waals surface area contributed by atoms with Crippen LogP contribution in [0.4, 0.5) is 0 Å². The van der Waals surface area contributed by atoms with Crippen LogP contribution in [-0.4, -0.2) is 29.6 Å². The fourth-order valence-corrected chi connectivity index (χ4v) is 1.52. The largest absolute Gasteiger partial charge is 0.504 e. The third kappa shape index (κ3) is 2.97. The number of hydrogen-bond acceptors (Lipinski definition) is 4. The molecule has 94 valence electrons. The molecule has 1 aromatic carbocycles. The lowest BCUT2D eigenvalue weighted by Crippen LogP contribution is -2.20. The van der Waals surface area contributed by atoms with E-state index in [1.54, 1.807) is 13.1 Å². The van der Waals surface area contributed by atoms with Crippen LogP contribution in [0.15, 0.2) is 12.1 Å². The molecule has 0 bridgehead atoms. The molecular formula is C13H19NO3. The molecule has 0 saturated carbocycles. The first-order valence-corrected chi connectivity index (χ1v) is 5.51. The van der Waals surface area contributed by atoms with Crippen LogP contribution >= 0.6 is 0 Å². The maximum absolute atomic E-state index is 11.8. The van der Waals surface area contributed by atoms with Crippen LogP contribution < -0.4 is 5.32 Å². The van der Waals surface area contributed by atoms with Gasteiger partial charge in [-0.1, -0.05) is 20.8 Å². The standard InChI is InChI=1S/C13H19NO3/c1-13(2,3)8-5-9(11(16)7-14-4)12(17)10(15)6-8/h5-6,14-15,17H,7H2,1-4H3. The van der Waals surface area contributed by atoms with Gasteiger partial charge in [-0.2, -0.15) is 0 Å². The van der Waals surface area contributed by atoms with E-state index in [0.29, 0.717) is 0 Å². The normalized spacial score (nSPS) is 11.5. The average molecular weight is 237 g/mol. The highest BCUT2D eigenvalue weighted by atomic mass is 16.3. The minimum Gasteiger partial charge on any atom is -0.504 e. The van der Waals surface area contributed by atoms with Gasteiger partial charge in [0.25, 0.3) is 0 Å². The lowest BCUT2D eigenvalue weighted by atomic mass is 9.85. The Morgan fingerprint density at radius 3 is 2.35 bits per heavy atom. The van der Waals surface area contributed by atoms with Crippen LogP contribution in [0.1, 0.15) is 36.7 Å². The summed E-state index contributed by atoms with van der Waals surface area (Å²) in [7, 11) is 1.66. The van der Waals surface area contributed by atoms with Gasteiger partial charge in [-0.25, -0.2) is 0 Å². The Kier molecular flexibility index (Phi) is 3.78. The summed E-state index contributed by atoms with van der Waals surface area (Å²) in [6.45, 7) is 6.06. The molecular weight excluding hydrogens is 218 g/mol. The number of carbonyl (C=O) groups excluding carboxylic acids is 1. The number of phenolic OH excluding ortho intramolecular Hbond substituents is 2. The van der Waals surface area contributed by atoms with Crippen LogP contribution in [0.2, 0.25) is 0 Å². The number of likely N-dealkylation sites (N-methyl/N-ethyl adjacent to an activating group) is 1. The van der Waals surface area contributed by atoms with E-state index in [1.165, 1.54) is 6.07 Å². The quantitative estimate of drug-likeness (QED) is 0.554. The Labute approximate surface area is 101 Å². The van der Waals surface area contributed by atoms with E-state index >= 15 is 0 Å². The summed E-state index contributed by atoms with van der Waals surface area (Å²) >= 11 is 0. The molecule has 0 radical (unpaired) electrons. The van der Waals surface area contributed by atoms with E-state index < -0.39 is 0 Å². The van der Waals surface area contributed by atoms with Gasteiger partial charge in [-0.15, -0.1) is 0 Å². The number of hydrogen-bond donors (Lipinski definition) is 3. The Bertz CT molecular complexity index is 433. The van der Waals surface area contributed by atoms with Gasteiger partial charge < -0.3 is 15.5 Å². The fourth-order valence-electron chi connectivity index (χ4n) is 1.52. The second-order valence-electron chi connectivity index (χ2n) is 5.10. The number of Topliss-reactive ketones (excluding diaryl/α,β-unsaturated/α-hetero) is 1. The van der Waals surface area contributed by atoms with E-state index in [9.17, 15) is 15.0 Å². The second kappa shape index (κ2) is 4.75. The number of phenols is 2. The molecule has 0 atom stereocenters. The van der Waals surface area contributed by atoms with Gasteiger partial charge in [0, 0.05) is 0 Å².